The molecule has 160 valence electrons. The van der Waals surface area contributed by atoms with Crippen LogP contribution in [0.4, 0.5) is 11.4 Å². The van der Waals surface area contributed by atoms with E-state index >= 15 is 0 Å². The molecule has 1 aromatic carbocycles. The van der Waals surface area contributed by atoms with Crippen molar-refractivity contribution in [3.63, 3.8) is 0 Å². The maximum atomic E-state index is 13.1. The molecule has 0 aliphatic carbocycles. The molecule has 4 atom stereocenters. The molecule has 0 radical (unpaired) electrons. The van der Waals surface area contributed by atoms with Crippen LogP contribution in [0, 0.1) is 22.0 Å². The topological polar surface area (TPSA) is 97.5 Å². The number of pyridine rings is 1. The Labute approximate surface area is 179 Å². The SMILES string of the molecule is C=CCNC(=O)[C@@H]1Cc2cc([N+](=O)[O-])ccc2N2C[C@H]3C[C@@H](Cn4c3cccc4=O)[C@@H]12. The molecule has 2 aromatic rings. The number of non-ortho nitro benzene ring substituents is 1. The van der Waals surface area contributed by atoms with E-state index in [1.54, 1.807) is 24.3 Å². The maximum Gasteiger partial charge on any atom is 0.269 e. The summed E-state index contributed by atoms with van der Waals surface area (Å²) in [5.41, 5.74) is 2.86. The number of nitro benzene ring substituents is 1. The first-order chi connectivity index (χ1) is 15.0. The average molecular weight is 420 g/mol. The smallest absolute Gasteiger partial charge is 0.269 e. The Hall–Kier alpha value is -3.42. The van der Waals surface area contributed by atoms with Gasteiger partial charge in [-0.25, -0.2) is 0 Å². The third kappa shape index (κ3) is 3.13. The van der Waals surface area contributed by atoms with E-state index in [-0.39, 0.29) is 40.9 Å². The predicted molar refractivity (Wildman–Crippen MR) is 116 cm³/mol. The summed E-state index contributed by atoms with van der Waals surface area (Å²) in [7, 11) is 0. The number of aromatic nitrogens is 1. The molecular formula is C23H24N4O4. The van der Waals surface area contributed by atoms with Gasteiger partial charge in [0.25, 0.3) is 11.2 Å². The number of fused-ring (bicyclic) bond motifs is 8. The van der Waals surface area contributed by atoms with Crippen molar-refractivity contribution in [1.29, 1.82) is 0 Å². The highest BCUT2D eigenvalue weighted by atomic mass is 16.6. The van der Waals surface area contributed by atoms with Crippen molar-refractivity contribution in [3.05, 3.63) is 80.8 Å². The summed E-state index contributed by atoms with van der Waals surface area (Å²) in [6.45, 7) is 5.31. The van der Waals surface area contributed by atoms with Gasteiger partial charge in [0.2, 0.25) is 5.91 Å². The van der Waals surface area contributed by atoms with Gasteiger partial charge in [-0.05, 0) is 36.5 Å². The van der Waals surface area contributed by atoms with Crippen LogP contribution in [0.3, 0.4) is 0 Å². The number of nitrogens with one attached hydrogen (secondary N) is 1. The zero-order valence-electron chi connectivity index (χ0n) is 17.1. The molecule has 2 bridgehead atoms. The lowest BCUT2D eigenvalue weighted by Gasteiger charge is -2.54. The highest BCUT2D eigenvalue weighted by molar-refractivity contribution is 5.82. The Morgan fingerprint density at radius 3 is 2.90 bits per heavy atom. The largest absolute Gasteiger partial charge is 0.366 e. The minimum atomic E-state index is -0.396. The van der Waals surface area contributed by atoms with Crippen molar-refractivity contribution in [2.24, 2.45) is 11.8 Å². The van der Waals surface area contributed by atoms with Crippen molar-refractivity contribution in [2.45, 2.75) is 31.3 Å². The van der Waals surface area contributed by atoms with Gasteiger partial charge in [-0.2, -0.15) is 0 Å². The van der Waals surface area contributed by atoms with Gasteiger partial charge in [-0.15, -0.1) is 6.58 Å². The Morgan fingerprint density at radius 1 is 1.29 bits per heavy atom. The minimum absolute atomic E-state index is 0.000133. The fourth-order valence-corrected chi connectivity index (χ4v) is 5.76. The van der Waals surface area contributed by atoms with Gasteiger partial charge < -0.3 is 14.8 Å². The summed E-state index contributed by atoms with van der Waals surface area (Å²) < 4.78 is 1.86. The highest BCUT2D eigenvalue weighted by Gasteiger charge is 2.49. The zero-order valence-corrected chi connectivity index (χ0v) is 17.1. The monoisotopic (exact) mass is 420 g/mol. The Kier molecular flexibility index (Phi) is 4.64. The van der Waals surface area contributed by atoms with Gasteiger partial charge in [0.05, 0.1) is 10.8 Å². The quantitative estimate of drug-likeness (QED) is 0.465. The second-order valence-electron chi connectivity index (χ2n) is 8.65. The number of benzene rings is 1. The summed E-state index contributed by atoms with van der Waals surface area (Å²) in [6.07, 6.45) is 3.02. The third-order valence-corrected chi connectivity index (χ3v) is 6.96. The van der Waals surface area contributed by atoms with E-state index < -0.39 is 4.92 Å². The van der Waals surface area contributed by atoms with Crippen LogP contribution in [0.2, 0.25) is 0 Å². The number of carbonyl (C=O) groups excluding carboxylic acids is 1. The fraction of sp³-hybridized carbons (Fsp3) is 0.391. The molecular weight excluding hydrogens is 396 g/mol. The number of anilines is 1. The van der Waals surface area contributed by atoms with Gasteiger partial charge in [0.1, 0.15) is 0 Å². The number of piperidine rings is 1. The second-order valence-corrected chi connectivity index (χ2v) is 8.65. The van der Waals surface area contributed by atoms with Gasteiger partial charge in [-0.3, -0.25) is 19.7 Å². The Bertz CT molecular complexity index is 1140. The number of amides is 1. The van der Waals surface area contributed by atoms with Crippen LogP contribution >= 0.6 is 0 Å². The van der Waals surface area contributed by atoms with E-state index in [4.69, 9.17) is 0 Å². The number of nitro groups is 1. The van der Waals surface area contributed by atoms with Crippen molar-refractivity contribution >= 4 is 17.3 Å². The lowest BCUT2D eigenvalue weighted by atomic mass is 9.70. The molecule has 0 spiro atoms. The lowest BCUT2D eigenvalue weighted by molar-refractivity contribution is -0.384. The molecule has 3 aliphatic heterocycles. The number of rotatable bonds is 4. The van der Waals surface area contributed by atoms with Crippen molar-refractivity contribution in [2.75, 3.05) is 18.0 Å². The molecule has 1 aromatic heterocycles. The minimum Gasteiger partial charge on any atom is -0.366 e. The van der Waals surface area contributed by atoms with Crippen LogP contribution in [-0.2, 0) is 17.8 Å². The highest BCUT2D eigenvalue weighted by Crippen LogP contribution is 2.47. The standard InChI is InChI=1S/C23H24N4O4/c1-2-8-24-23(29)18-11-14-10-17(27(30)31)6-7-20(14)26-12-15-9-16(22(18)26)13-25-19(15)4-3-5-21(25)28/h2-7,10,15-16,18,22H,1,8-9,11-13H2,(H,24,29)/t15-,16+,18-,22+/m1/s1. The Morgan fingerprint density at radius 2 is 2.13 bits per heavy atom. The first-order valence-electron chi connectivity index (χ1n) is 10.6. The molecule has 1 N–H and O–H groups in total. The van der Waals surface area contributed by atoms with E-state index in [1.807, 2.05) is 16.7 Å². The van der Waals surface area contributed by atoms with Crippen LogP contribution < -0.4 is 15.8 Å². The van der Waals surface area contributed by atoms with Crippen LogP contribution in [0.25, 0.3) is 0 Å². The molecule has 1 amide bonds. The van der Waals surface area contributed by atoms with Gasteiger partial charge >= 0.3 is 0 Å². The van der Waals surface area contributed by atoms with Crippen LogP contribution in [0.1, 0.15) is 23.6 Å². The number of hydrogen-bond acceptors (Lipinski definition) is 5. The summed E-state index contributed by atoms with van der Waals surface area (Å²) in [5, 5.41) is 14.2. The molecule has 1 fully saturated rings. The van der Waals surface area contributed by atoms with Gasteiger partial charge in [0.15, 0.2) is 0 Å². The van der Waals surface area contributed by atoms with E-state index in [0.717, 1.165) is 23.4 Å². The molecule has 8 heteroatoms. The fourth-order valence-electron chi connectivity index (χ4n) is 5.76. The molecule has 8 nitrogen and oxygen atoms in total. The Balaban J connectivity index is 1.60. The van der Waals surface area contributed by atoms with Crippen molar-refractivity contribution in [3.8, 4) is 0 Å². The normalized spacial score (nSPS) is 25.6. The molecule has 0 unspecified atom stereocenters. The number of carbonyl (C=O) groups is 1. The average Bonchev–Trinajstić information content (AvgIpc) is 2.77. The lowest BCUT2D eigenvalue weighted by Crippen LogP contribution is -2.61. The van der Waals surface area contributed by atoms with E-state index in [2.05, 4.69) is 16.8 Å². The summed E-state index contributed by atoms with van der Waals surface area (Å²) in [5.74, 6) is -0.0887. The van der Waals surface area contributed by atoms with E-state index in [1.165, 1.54) is 6.07 Å². The molecule has 1 saturated heterocycles. The number of nitrogens with zero attached hydrogens (tertiary/aromatic N) is 3. The van der Waals surface area contributed by atoms with Gasteiger partial charge in [-0.1, -0.05) is 12.1 Å². The van der Waals surface area contributed by atoms with Crippen molar-refractivity contribution in [1.82, 2.24) is 9.88 Å². The molecule has 0 saturated carbocycles. The van der Waals surface area contributed by atoms with Crippen LogP contribution in [0.15, 0.2) is 53.8 Å². The zero-order chi connectivity index (χ0) is 21.7. The summed E-state index contributed by atoms with van der Waals surface area (Å²) in [6, 6.07) is 10.3. The second kappa shape index (κ2) is 7.37. The third-order valence-electron chi connectivity index (χ3n) is 6.96. The first kappa shape index (κ1) is 19.5. The van der Waals surface area contributed by atoms with E-state index in [9.17, 15) is 19.7 Å². The maximum absolute atomic E-state index is 13.1. The summed E-state index contributed by atoms with van der Waals surface area (Å²) in [4.78, 5) is 38.8. The molecule has 4 heterocycles. The predicted octanol–water partition coefficient (Wildman–Crippen LogP) is 2.22. The molecule has 5 rings (SSSR count). The van der Waals surface area contributed by atoms with Crippen molar-refractivity contribution < 1.29 is 9.72 Å². The summed E-state index contributed by atoms with van der Waals surface area (Å²) >= 11 is 0. The van der Waals surface area contributed by atoms with E-state index in [0.29, 0.717) is 26.1 Å². The molecule has 3 aliphatic rings. The first-order valence-corrected chi connectivity index (χ1v) is 10.6. The van der Waals surface area contributed by atoms with Crippen LogP contribution in [0.5, 0.6) is 0 Å². The molecule has 31 heavy (non-hydrogen) atoms. The van der Waals surface area contributed by atoms with Gasteiger partial charge in [0, 0.05) is 61.2 Å². The number of hydrogen-bond donors (Lipinski definition) is 1. The van der Waals surface area contributed by atoms with Crippen LogP contribution in [-0.4, -0.2) is 34.5 Å².